The Morgan fingerprint density at radius 2 is 2.28 bits per heavy atom. The highest BCUT2D eigenvalue weighted by Crippen LogP contribution is 2.18. The summed E-state index contributed by atoms with van der Waals surface area (Å²) in [5, 5.41) is 13.3. The minimum absolute atomic E-state index is 0.135. The highest BCUT2D eigenvalue weighted by atomic mass is 16.6. The van der Waals surface area contributed by atoms with E-state index in [2.05, 4.69) is 11.9 Å². The van der Waals surface area contributed by atoms with Crippen LogP contribution in [0.3, 0.4) is 0 Å². The Kier molecular flexibility index (Phi) is 5.01. The number of hydrogen-bond acceptors (Lipinski definition) is 4. The zero-order valence-electron chi connectivity index (χ0n) is 10.0. The molecule has 96 valence electrons. The maximum absolute atomic E-state index is 11.7. The summed E-state index contributed by atoms with van der Waals surface area (Å²) in [6.07, 6.45) is 1.46. The third kappa shape index (κ3) is 3.67. The summed E-state index contributed by atoms with van der Waals surface area (Å²) in [6, 6.07) is 4.14. The maximum Gasteiger partial charge on any atom is 0.270 e. The van der Waals surface area contributed by atoms with E-state index in [1.807, 2.05) is 0 Å². The topological polar surface area (TPSA) is 81.5 Å². The summed E-state index contributed by atoms with van der Waals surface area (Å²) in [7, 11) is 1.52. The molecule has 1 aromatic rings. The van der Waals surface area contributed by atoms with Crippen molar-refractivity contribution in [2.75, 3.05) is 20.3 Å². The van der Waals surface area contributed by atoms with Gasteiger partial charge < -0.3 is 10.1 Å². The molecule has 1 aromatic carbocycles. The molecule has 1 N–H and O–H groups in total. The third-order valence-electron chi connectivity index (χ3n) is 2.24. The molecule has 1 rings (SSSR count). The Labute approximate surface area is 104 Å². The fourth-order valence-corrected chi connectivity index (χ4v) is 1.36. The molecule has 0 atom stereocenters. The number of benzene rings is 1. The van der Waals surface area contributed by atoms with E-state index in [9.17, 15) is 14.9 Å². The fourth-order valence-electron chi connectivity index (χ4n) is 1.36. The lowest BCUT2D eigenvalue weighted by molar-refractivity contribution is -0.384. The number of amides is 1. The fraction of sp³-hybridized carbons (Fsp3) is 0.250. The number of rotatable bonds is 6. The first-order valence-corrected chi connectivity index (χ1v) is 5.27. The first-order valence-electron chi connectivity index (χ1n) is 5.27. The van der Waals surface area contributed by atoms with Crippen LogP contribution in [0.2, 0.25) is 0 Å². The summed E-state index contributed by atoms with van der Waals surface area (Å²) in [4.78, 5) is 21.9. The minimum atomic E-state index is -0.543. The second-order valence-electron chi connectivity index (χ2n) is 3.52. The number of carbonyl (C=O) groups is 1. The van der Waals surface area contributed by atoms with Gasteiger partial charge in [0.1, 0.15) is 0 Å². The van der Waals surface area contributed by atoms with Gasteiger partial charge in [0.2, 0.25) is 0 Å². The van der Waals surface area contributed by atoms with Crippen molar-refractivity contribution in [2.24, 2.45) is 0 Å². The van der Waals surface area contributed by atoms with Gasteiger partial charge in [0, 0.05) is 31.4 Å². The standard InChI is InChI=1S/C12H14N2O4/c1-3-9-6-10(8-11(7-9)14(16)17)12(15)13-4-5-18-2/h3,6-8H,1,4-5H2,2H3,(H,13,15). The predicted molar refractivity (Wildman–Crippen MR) is 67.4 cm³/mol. The first kappa shape index (κ1) is 13.9. The molecule has 0 aliphatic rings. The van der Waals surface area contributed by atoms with E-state index in [1.165, 1.54) is 25.3 Å². The molecule has 6 heteroatoms. The third-order valence-corrected chi connectivity index (χ3v) is 2.24. The molecule has 6 nitrogen and oxygen atoms in total. The largest absolute Gasteiger partial charge is 0.383 e. The predicted octanol–water partition coefficient (Wildman–Crippen LogP) is 1.61. The zero-order valence-corrected chi connectivity index (χ0v) is 10.0. The number of nitrogens with zero attached hydrogens (tertiary/aromatic N) is 1. The smallest absolute Gasteiger partial charge is 0.270 e. The lowest BCUT2D eigenvalue weighted by atomic mass is 10.1. The molecule has 0 bridgehead atoms. The molecule has 0 aromatic heterocycles. The highest BCUT2D eigenvalue weighted by Gasteiger charge is 2.13. The van der Waals surface area contributed by atoms with E-state index in [0.29, 0.717) is 18.7 Å². The summed E-state index contributed by atoms with van der Waals surface area (Å²) >= 11 is 0. The lowest BCUT2D eigenvalue weighted by Crippen LogP contribution is -2.27. The van der Waals surface area contributed by atoms with Gasteiger partial charge in [-0.05, 0) is 11.6 Å². The number of nitro benzene ring substituents is 1. The van der Waals surface area contributed by atoms with Gasteiger partial charge in [0.25, 0.3) is 11.6 Å². The van der Waals surface area contributed by atoms with Crippen molar-refractivity contribution < 1.29 is 14.5 Å². The van der Waals surface area contributed by atoms with E-state index in [4.69, 9.17) is 4.74 Å². The molecule has 18 heavy (non-hydrogen) atoms. The van der Waals surface area contributed by atoms with Crippen LogP contribution in [0.15, 0.2) is 24.8 Å². The van der Waals surface area contributed by atoms with Crippen molar-refractivity contribution in [1.29, 1.82) is 0 Å². The van der Waals surface area contributed by atoms with Crippen LogP contribution in [0, 0.1) is 10.1 Å². The number of hydrogen-bond donors (Lipinski definition) is 1. The first-order chi connectivity index (χ1) is 8.58. The van der Waals surface area contributed by atoms with Gasteiger partial charge in [-0.3, -0.25) is 14.9 Å². The molecule has 0 unspecified atom stereocenters. The Hall–Kier alpha value is -2.21. The zero-order chi connectivity index (χ0) is 13.5. The van der Waals surface area contributed by atoms with E-state index in [0.717, 1.165) is 0 Å². The van der Waals surface area contributed by atoms with E-state index in [-0.39, 0.29) is 17.2 Å². The molecular weight excluding hydrogens is 236 g/mol. The summed E-state index contributed by atoms with van der Waals surface area (Å²) in [5.41, 5.74) is 0.626. The van der Waals surface area contributed by atoms with Crippen molar-refractivity contribution in [3.63, 3.8) is 0 Å². The highest BCUT2D eigenvalue weighted by molar-refractivity contribution is 5.95. The summed E-state index contributed by atoms with van der Waals surface area (Å²) < 4.78 is 4.80. The van der Waals surface area contributed by atoms with Gasteiger partial charge in [-0.15, -0.1) is 0 Å². The summed E-state index contributed by atoms with van der Waals surface area (Å²) in [5.74, 6) is -0.376. The molecule has 0 saturated carbocycles. The quantitative estimate of drug-likeness (QED) is 0.472. The van der Waals surface area contributed by atoms with Crippen molar-refractivity contribution in [3.8, 4) is 0 Å². The molecular formula is C12H14N2O4. The van der Waals surface area contributed by atoms with Gasteiger partial charge >= 0.3 is 0 Å². The molecule has 0 radical (unpaired) electrons. The van der Waals surface area contributed by atoms with Gasteiger partial charge in [-0.1, -0.05) is 12.7 Å². The Morgan fingerprint density at radius 1 is 1.56 bits per heavy atom. The maximum atomic E-state index is 11.7. The molecule has 0 saturated heterocycles. The van der Waals surface area contributed by atoms with Crippen LogP contribution < -0.4 is 5.32 Å². The van der Waals surface area contributed by atoms with Crippen molar-refractivity contribution in [1.82, 2.24) is 5.32 Å². The van der Waals surface area contributed by atoms with E-state index < -0.39 is 4.92 Å². The number of methoxy groups -OCH3 is 1. The van der Waals surface area contributed by atoms with Gasteiger partial charge in [0.05, 0.1) is 11.5 Å². The van der Waals surface area contributed by atoms with Crippen LogP contribution in [-0.2, 0) is 4.74 Å². The molecule has 0 heterocycles. The molecule has 0 aliphatic carbocycles. The average molecular weight is 250 g/mol. The van der Waals surface area contributed by atoms with E-state index in [1.54, 1.807) is 6.07 Å². The van der Waals surface area contributed by atoms with Gasteiger partial charge in [-0.25, -0.2) is 0 Å². The van der Waals surface area contributed by atoms with Crippen LogP contribution >= 0.6 is 0 Å². The number of nitro groups is 1. The molecule has 0 fully saturated rings. The van der Waals surface area contributed by atoms with Crippen LogP contribution in [0.4, 0.5) is 5.69 Å². The van der Waals surface area contributed by atoms with E-state index >= 15 is 0 Å². The Morgan fingerprint density at radius 3 is 2.83 bits per heavy atom. The molecule has 0 aliphatic heterocycles. The Balaban J connectivity index is 2.93. The number of nitrogens with one attached hydrogen (secondary N) is 1. The Bertz CT molecular complexity index is 471. The van der Waals surface area contributed by atoms with Gasteiger partial charge in [-0.2, -0.15) is 0 Å². The molecule has 1 amide bonds. The van der Waals surface area contributed by atoms with Crippen molar-refractivity contribution in [3.05, 3.63) is 46.0 Å². The number of ether oxygens (including phenoxy) is 1. The minimum Gasteiger partial charge on any atom is -0.383 e. The number of carbonyl (C=O) groups excluding carboxylic acids is 1. The lowest BCUT2D eigenvalue weighted by Gasteiger charge is -2.05. The monoisotopic (exact) mass is 250 g/mol. The second-order valence-corrected chi connectivity index (χ2v) is 3.52. The van der Waals surface area contributed by atoms with Crippen LogP contribution in [-0.4, -0.2) is 31.1 Å². The van der Waals surface area contributed by atoms with Gasteiger partial charge in [0.15, 0.2) is 0 Å². The van der Waals surface area contributed by atoms with Crippen molar-refractivity contribution in [2.45, 2.75) is 0 Å². The van der Waals surface area contributed by atoms with Crippen LogP contribution in [0.25, 0.3) is 6.08 Å². The average Bonchev–Trinajstić information content (AvgIpc) is 2.38. The van der Waals surface area contributed by atoms with Crippen LogP contribution in [0.1, 0.15) is 15.9 Å². The summed E-state index contributed by atoms with van der Waals surface area (Å²) in [6.45, 7) is 4.27. The normalized spacial score (nSPS) is 9.83. The number of non-ortho nitro benzene ring substituents is 1. The second kappa shape index (κ2) is 6.51. The van der Waals surface area contributed by atoms with Crippen molar-refractivity contribution >= 4 is 17.7 Å². The SMILES string of the molecule is C=Cc1cc(C(=O)NCCOC)cc([N+](=O)[O-])c1. The molecule has 0 spiro atoms. The van der Waals surface area contributed by atoms with Crippen LogP contribution in [0.5, 0.6) is 0 Å².